The maximum absolute atomic E-state index is 9.54. The van der Waals surface area contributed by atoms with Crippen LogP contribution in [0, 0.1) is 5.92 Å². The number of hydrogen-bond donors (Lipinski definition) is 1. The van der Waals surface area contributed by atoms with Gasteiger partial charge in [0.05, 0.1) is 25.4 Å². The van der Waals surface area contributed by atoms with E-state index in [9.17, 15) is 5.11 Å². The van der Waals surface area contributed by atoms with Crippen LogP contribution in [0.4, 0.5) is 5.69 Å². The molecule has 0 amide bonds. The summed E-state index contributed by atoms with van der Waals surface area (Å²) in [5.74, 6) is 1.24. The third-order valence-corrected chi connectivity index (χ3v) is 3.49. The average Bonchev–Trinajstić information content (AvgIpc) is 2.38. The van der Waals surface area contributed by atoms with E-state index in [-0.39, 0.29) is 12.6 Å². The zero-order chi connectivity index (χ0) is 13.7. The molecule has 3 nitrogen and oxygen atoms in total. The number of hydrogen-bond acceptors (Lipinski definition) is 3. The Hall–Kier alpha value is -1.22. The first-order valence-electron chi connectivity index (χ1n) is 6.55. The Bertz CT molecular complexity index is 377. The van der Waals surface area contributed by atoms with E-state index in [1.165, 1.54) is 5.56 Å². The maximum atomic E-state index is 9.54. The summed E-state index contributed by atoms with van der Waals surface area (Å²) in [6.07, 6.45) is 0.996. The third-order valence-electron chi connectivity index (χ3n) is 3.49. The molecule has 1 aromatic carbocycles. The second kappa shape index (κ2) is 6.64. The summed E-state index contributed by atoms with van der Waals surface area (Å²) in [5.41, 5.74) is 2.32. The lowest BCUT2D eigenvalue weighted by atomic mass is 10.0. The number of anilines is 1. The topological polar surface area (TPSA) is 32.7 Å². The number of rotatable bonds is 6. The molecule has 0 aliphatic carbocycles. The summed E-state index contributed by atoms with van der Waals surface area (Å²) < 4.78 is 5.42. The Labute approximate surface area is 110 Å². The highest BCUT2D eigenvalue weighted by Gasteiger charge is 2.20. The molecule has 3 heteroatoms. The number of aliphatic hydroxyl groups excluding tert-OH is 1. The van der Waals surface area contributed by atoms with E-state index in [4.69, 9.17) is 4.74 Å². The highest BCUT2D eigenvalue weighted by atomic mass is 16.5. The van der Waals surface area contributed by atoms with Gasteiger partial charge in [0.1, 0.15) is 5.75 Å². The molecule has 18 heavy (non-hydrogen) atoms. The highest BCUT2D eigenvalue weighted by Crippen LogP contribution is 2.31. The quantitative estimate of drug-likeness (QED) is 0.844. The number of benzene rings is 1. The Kier molecular flexibility index (Phi) is 5.48. The Morgan fingerprint density at radius 1 is 1.33 bits per heavy atom. The van der Waals surface area contributed by atoms with Gasteiger partial charge in [0.15, 0.2) is 0 Å². The van der Waals surface area contributed by atoms with Gasteiger partial charge in [-0.1, -0.05) is 26.8 Å². The minimum Gasteiger partial charge on any atom is -0.495 e. The molecule has 1 N–H and O–H groups in total. The number of likely N-dealkylation sites (N-methyl/N-ethyl adjacent to an activating group) is 1. The minimum atomic E-state index is 0.103. The molecule has 0 fully saturated rings. The molecule has 0 aliphatic heterocycles. The average molecular weight is 251 g/mol. The van der Waals surface area contributed by atoms with Crippen molar-refractivity contribution < 1.29 is 9.84 Å². The van der Waals surface area contributed by atoms with E-state index in [1.54, 1.807) is 7.11 Å². The first kappa shape index (κ1) is 14.8. The fraction of sp³-hybridized carbons (Fsp3) is 0.600. The van der Waals surface area contributed by atoms with Gasteiger partial charge in [-0.25, -0.2) is 0 Å². The molecular weight excluding hydrogens is 226 g/mol. The van der Waals surface area contributed by atoms with Gasteiger partial charge in [0.25, 0.3) is 0 Å². The van der Waals surface area contributed by atoms with Gasteiger partial charge in [-0.15, -0.1) is 0 Å². The van der Waals surface area contributed by atoms with Crippen LogP contribution < -0.4 is 9.64 Å². The normalized spacial score (nSPS) is 12.6. The highest BCUT2D eigenvalue weighted by molar-refractivity contribution is 5.60. The van der Waals surface area contributed by atoms with E-state index in [2.05, 4.69) is 37.8 Å². The van der Waals surface area contributed by atoms with E-state index < -0.39 is 0 Å². The molecule has 1 atom stereocenters. The predicted octanol–water partition coefficient (Wildman–Crippen LogP) is 2.71. The molecule has 102 valence electrons. The summed E-state index contributed by atoms with van der Waals surface area (Å²) in [6, 6.07) is 6.33. The molecule has 0 radical (unpaired) electrons. The zero-order valence-electron chi connectivity index (χ0n) is 12.1. The summed E-state index contributed by atoms with van der Waals surface area (Å²) in [4.78, 5) is 2.11. The van der Waals surface area contributed by atoms with Crippen molar-refractivity contribution in [2.75, 3.05) is 25.7 Å². The van der Waals surface area contributed by atoms with Gasteiger partial charge >= 0.3 is 0 Å². The van der Waals surface area contributed by atoms with Gasteiger partial charge in [0, 0.05) is 7.05 Å². The first-order valence-corrected chi connectivity index (χ1v) is 6.55. The number of aryl methyl sites for hydroxylation is 1. The van der Waals surface area contributed by atoms with Crippen LogP contribution in [0.15, 0.2) is 18.2 Å². The van der Waals surface area contributed by atoms with Crippen LogP contribution >= 0.6 is 0 Å². The fourth-order valence-corrected chi connectivity index (χ4v) is 2.19. The number of nitrogens with zero attached hydrogens (tertiary/aromatic N) is 1. The predicted molar refractivity (Wildman–Crippen MR) is 76.5 cm³/mol. The van der Waals surface area contributed by atoms with Crippen molar-refractivity contribution in [1.29, 1.82) is 0 Å². The lowest BCUT2D eigenvalue weighted by molar-refractivity contribution is 0.233. The molecule has 0 bridgehead atoms. The maximum Gasteiger partial charge on any atom is 0.142 e. The van der Waals surface area contributed by atoms with Crippen molar-refractivity contribution in [2.24, 2.45) is 5.92 Å². The molecule has 0 heterocycles. The molecule has 1 rings (SSSR count). The standard InChI is InChI=1S/C15H25NO2/c1-6-12-7-8-15(18-5)13(9-12)16(4)14(10-17)11(2)3/h7-9,11,14,17H,6,10H2,1-5H3. The number of ether oxygens (including phenoxy) is 1. The molecule has 0 saturated carbocycles. The van der Waals surface area contributed by atoms with Crippen molar-refractivity contribution in [1.82, 2.24) is 0 Å². The van der Waals surface area contributed by atoms with Crippen molar-refractivity contribution in [3.05, 3.63) is 23.8 Å². The Balaban J connectivity index is 3.12. The van der Waals surface area contributed by atoms with Crippen LogP contribution in [0.25, 0.3) is 0 Å². The molecule has 0 aliphatic rings. The van der Waals surface area contributed by atoms with E-state index >= 15 is 0 Å². The number of methoxy groups -OCH3 is 1. The van der Waals surface area contributed by atoms with Crippen LogP contribution in [-0.4, -0.2) is 31.9 Å². The van der Waals surface area contributed by atoms with Crippen LogP contribution in [0.1, 0.15) is 26.3 Å². The molecule has 0 aromatic heterocycles. The van der Waals surface area contributed by atoms with Crippen LogP contribution in [-0.2, 0) is 6.42 Å². The van der Waals surface area contributed by atoms with Gasteiger partial charge < -0.3 is 14.7 Å². The van der Waals surface area contributed by atoms with Crippen LogP contribution in [0.3, 0.4) is 0 Å². The largest absolute Gasteiger partial charge is 0.495 e. The second-order valence-corrected chi connectivity index (χ2v) is 4.96. The Morgan fingerprint density at radius 3 is 2.44 bits per heavy atom. The SMILES string of the molecule is CCc1ccc(OC)c(N(C)C(CO)C(C)C)c1. The summed E-state index contributed by atoms with van der Waals surface area (Å²) in [7, 11) is 3.69. The first-order chi connectivity index (χ1) is 8.54. The van der Waals surface area contributed by atoms with Crippen LogP contribution in [0.2, 0.25) is 0 Å². The van der Waals surface area contributed by atoms with Crippen molar-refractivity contribution in [3.63, 3.8) is 0 Å². The van der Waals surface area contributed by atoms with E-state index in [0.717, 1.165) is 17.9 Å². The third kappa shape index (κ3) is 3.16. The van der Waals surface area contributed by atoms with Crippen molar-refractivity contribution in [2.45, 2.75) is 33.2 Å². The van der Waals surface area contributed by atoms with Crippen molar-refractivity contribution >= 4 is 5.69 Å². The van der Waals surface area contributed by atoms with E-state index in [1.807, 2.05) is 13.1 Å². The van der Waals surface area contributed by atoms with Gasteiger partial charge in [-0.05, 0) is 30.0 Å². The smallest absolute Gasteiger partial charge is 0.142 e. The second-order valence-electron chi connectivity index (χ2n) is 4.96. The van der Waals surface area contributed by atoms with Crippen molar-refractivity contribution in [3.8, 4) is 5.75 Å². The minimum absolute atomic E-state index is 0.103. The number of aliphatic hydroxyl groups is 1. The summed E-state index contributed by atoms with van der Waals surface area (Å²) in [6.45, 7) is 6.52. The van der Waals surface area contributed by atoms with Crippen LogP contribution in [0.5, 0.6) is 5.75 Å². The molecular formula is C15H25NO2. The monoisotopic (exact) mass is 251 g/mol. The fourth-order valence-electron chi connectivity index (χ4n) is 2.19. The zero-order valence-corrected chi connectivity index (χ0v) is 12.1. The molecule has 0 spiro atoms. The van der Waals surface area contributed by atoms with Gasteiger partial charge in [-0.2, -0.15) is 0 Å². The summed E-state index contributed by atoms with van der Waals surface area (Å²) >= 11 is 0. The molecule has 1 unspecified atom stereocenters. The summed E-state index contributed by atoms with van der Waals surface area (Å²) in [5, 5.41) is 9.54. The molecule has 1 aromatic rings. The van der Waals surface area contributed by atoms with Gasteiger partial charge in [-0.3, -0.25) is 0 Å². The van der Waals surface area contributed by atoms with Gasteiger partial charge in [0.2, 0.25) is 0 Å². The lowest BCUT2D eigenvalue weighted by Crippen LogP contribution is -2.39. The lowest BCUT2D eigenvalue weighted by Gasteiger charge is -2.32. The van der Waals surface area contributed by atoms with E-state index in [0.29, 0.717) is 5.92 Å². The Morgan fingerprint density at radius 2 is 2.00 bits per heavy atom. The molecule has 0 saturated heterocycles.